The van der Waals surface area contributed by atoms with Gasteiger partial charge in [0.2, 0.25) is 5.91 Å². The fourth-order valence-corrected chi connectivity index (χ4v) is 3.58. The maximum atomic E-state index is 13.0. The fraction of sp³-hybridized carbons (Fsp3) is 0.364. The van der Waals surface area contributed by atoms with Crippen LogP contribution in [0.5, 0.6) is 0 Å². The van der Waals surface area contributed by atoms with Crippen molar-refractivity contribution in [2.24, 2.45) is 11.1 Å². The molecule has 2 aromatic rings. The van der Waals surface area contributed by atoms with Crippen LogP contribution < -0.4 is 0 Å². The lowest BCUT2D eigenvalue weighted by Gasteiger charge is -2.27. The first-order valence-corrected chi connectivity index (χ1v) is 10.4. The van der Waals surface area contributed by atoms with Crippen LogP contribution in [0.3, 0.4) is 0 Å². The van der Waals surface area contributed by atoms with E-state index in [1.165, 1.54) is 11.0 Å². The molecule has 4 nitrogen and oxygen atoms in total. The number of hydrogen-bond donors (Lipinski definition) is 0. The van der Waals surface area contributed by atoms with Gasteiger partial charge in [0.25, 0.3) is 0 Å². The topological polar surface area (TPSA) is 41.9 Å². The molecule has 1 aliphatic heterocycles. The van der Waals surface area contributed by atoms with E-state index in [-0.39, 0.29) is 24.9 Å². The van der Waals surface area contributed by atoms with E-state index < -0.39 is 17.8 Å². The monoisotopic (exact) mass is 472 g/mol. The van der Waals surface area contributed by atoms with E-state index in [2.05, 4.69) is 5.16 Å². The molecule has 0 saturated heterocycles. The smallest absolute Gasteiger partial charge is 0.390 e. The third-order valence-corrected chi connectivity index (χ3v) is 5.58. The molecule has 1 aliphatic rings. The van der Waals surface area contributed by atoms with Gasteiger partial charge >= 0.3 is 6.18 Å². The first-order chi connectivity index (χ1) is 14.5. The number of halogens is 5. The molecule has 1 atom stereocenters. The summed E-state index contributed by atoms with van der Waals surface area (Å²) >= 11 is 12.0. The van der Waals surface area contributed by atoms with Crippen LogP contribution in [-0.4, -0.2) is 29.2 Å². The highest BCUT2D eigenvalue weighted by Gasteiger charge is 2.31. The fourth-order valence-electron chi connectivity index (χ4n) is 3.28. The Morgan fingerprint density at radius 1 is 1.19 bits per heavy atom. The van der Waals surface area contributed by atoms with Crippen molar-refractivity contribution in [3.05, 3.63) is 69.2 Å². The molecule has 0 spiro atoms. The predicted octanol–water partition coefficient (Wildman–Crippen LogP) is 6.19. The van der Waals surface area contributed by atoms with Gasteiger partial charge in [0.15, 0.2) is 6.10 Å². The summed E-state index contributed by atoms with van der Waals surface area (Å²) in [5.74, 6) is -0.494. The number of alkyl halides is 3. The summed E-state index contributed by atoms with van der Waals surface area (Å²) in [5, 5.41) is 4.92. The summed E-state index contributed by atoms with van der Waals surface area (Å²) in [5.41, 5.74) is 1.08. The zero-order valence-corrected chi connectivity index (χ0v) is 18.4. The normalized spacial score (nSPS) is 16.3. The van der Waals surface area contributed by atoms with Gasteiger partial charge < -0.3 is 9.74 Å². The summed E-state index contributed by atoms with van der Waals surface area (Å²) < 4.78 is 39.1. The van der Waals surface area contributed by atoms with Gasteiger partial charge in [0, 0.05) is 24.4 Å². The van der Waals surface area contributed by atoms with E-state index in [1.807, 2.05) is 0 Å². The van der Waals surface area contributed by atoms with Crippen LogP contribution in [-0.2, 0) is 22.4 Å². The van der Waals surface area contributed by atoms with Gasteiger partial charge in [-0.15, -0.1) is 0 Å². The number of rotatable bonds is 6. The number of benzene rings is 2. The Hall–Kier alpha value is -2.25. The first-order valence-electron chi connectivity index (χ1n) is 9.67. The summed E-state index contributed by atoms with van der Waals surface area (Å²) in [7, 11) is 0. The molecule has 0 N–H and O–H groups in total. The lowest BCUT2D eigenvalue weighted by Crippen LogP contribution is -2.39. The number of carbonyl (C=O) groups is 1. The highest BCUT2D eigenvalue weighted by Crippen LogP contribution is 2.30. The lowest BCUT2D eigenvalue weighted by molar-refractivity contribution is -0.137. The van der Waals surface area contributed by atoms with Crippen molar-refractivity contribution >= 4 is 34.8 Å². The molecule has 1 amide bonds. The Labute approximate surface area is 188 Å². The van der Waals surface area contributed by atoms with Gasteiger partial charge in [-0.2, -0.15) is 13.2 Å². The minimum atomic E-state index is -4.44. The van der Waals surface area contributed by atoms with Gasteiger partial charge in [-0.25, -0.2) is 0 Å². The highest BCUT2D eigenvalue weighted by atomic mass is 35.5. The average Bonchev–Trinajstić information content (AvgIpc) is 3.17. The number of carbonyl (C=O) groups excluding carboxylic acids is 1. The lowest BCUT2D eigenvalue weighted by atomic mass is 10.0. The van der Waals surface area contributed by atoms with Crippen LogP contribution >= 0.6 is 23.2 Å². The van der Waals surface area contributed by atoms with Crippen molar-refractivity contribution in [1.29, 1.82) is 0 Å². The summed E-state index contributed by atoms with van der Waals surface area (Å²) in [6, 6.07) is 10.1. The van der Waals surface area contributed by atoms with E-state index in [9.17, 15) is 18.0 Å². The summed E-state index contributed by atoms with van der Waals surface area (Å²) in [4.78, 5) is 19.7. The van der Waals surface area contributed by atoms with Gasteiger partial charge in [-0.1, -0.05) is 60.4 Å². The van der Waals surface area contributed by atoms with Gasteiger partial charge in [-0.05, 0) is 29.8 Å². The van der Waals surface area contributed by atoms with Crippen LogP contribution in [0.15, 0.2) is 47.6 Å². The van der Waals surface area contributed by atoms with E-state index in [0.717, 1.165) is 17.7 Å². The van der Waals surface area contributed by atoms with Crippen LogP contribution in [0.25, 0.3) is 0 Å². The van der Waals surface area contributed by atoms with E-state index in [1.54, 1.807) is 38.1 Å². The molecule has 0 aliphatic carbocycles. The molecule has 166 valence electrons. The Bertz CT molecular complexity index is 993. The second-order valence-electron chi connectivity index (χ2n) is 7.67. The van der Waals surface area contributed by atoms with Gasteiger partial charge in [0.05, 0.1) is 27.9 Å². The minimum absolute atomic E-state index is 0.0445. The van der Waals surface area contributed by atoms with Crippen molar-refractivity contribution in [3.8, 4) is 0 Å². The molecule has 0 radical (unpaired) electrons. The molecule has 0 aromatic heterocycles. The molecule has 0 bridgehead atoms. The molecule has 9 heteroatoms. The van der Waals surface area contributed by atoms with Crippen molar-refractivity contribution in [2.45, 2.75) is 39.1 Å². The Balaban J connectivity index is 1.73. The van der Waals surface area contributed by atoms with E-state index in [4.69, 9.17) is 28.0 Å². The third kappa shape index (κ3) is 5.92. The zero-order chi connectivity index (χ0) is 22.8. The first kappa shape index (κ1) is 23.4. The molecule has 2 aromatic carbocycles. The van der Waals surface area contributed by atoms with Crippen LogP contribution in [0.1, 0.15) is 37.0 Å². The minimum Gasteiger partial charge on any atom is -0.390 e. The number of nitrogens with zero attached hydrogens (tertiary/aromatic N) is 2. The van der Waals surface area contributed by atoms with Crippen LogP contribution in [0.4, 0.5) is 13.2 Å². The van der Waals surface area contributed by atoms with E-state index in [0.29, 0.717) is 27.7 Å². The Morgan fingerprint density at radius 2 is 1.94 bits per heavy atom. The Kier molecular flexibility index (Phi) is 7.17. The highest BCUT2D eigenvalue weighted by molar-refractivity contribution is 6.42. The molecule has 0 saturated carbocycles. The maximum Gasteiger partial charge on any atom is 0.416 e. The van der Waals surface area contributed by atoms with Crippen molar-refractivity contribution in [3.63, 3.8) is 0 Å². The number of oxime groups is 1. The molecule has 1 heterocycles. The number of amides is 1. The third-order valence-electron chi connectivity index (χ3n) is 4.84. The summed E-state index contributed by atoms with van der Waals surface area (Å²) in [6.07, 6.45) is -4.43. The molecular weight excluding hydrogens is 452 g/mol. The van der Waals surface area contributed by atoms with Crippen molar-refractivity contribution < 1.29 is 22.8 Å². The number of hydrogen-bond acceptors (Lipinski definition) is 3. The maximum absolute atomic E-state index is 13.0. The molecular formula is C22H21Cl2F3N2O2. The second-order valence-corrected chi connectivity index (χ2v) is 8.48. The van der Waals surface area contributed by atoms with Crippen molar-refractivity contribution in [2.75, 3.05) is 6.54 Å². The largest absolute Gasteiger partial charge is 0.416 e. The summed E-state index contributed by atoms with van der Waals surface area (Å²) in [6.45, 7) is 3.73. The second kappa shape index (κ2) is 9.49. The average molecular weight is 473 g/mol. The SMILES string of the molecule is CC(C)C(=O)N(Cc1cccc(C(F)(F)F)c1)C[C@H]1CC(c2ccc(Cl)c(Cl)c2)=NO1. The Morgan fingerprint density at radius 3 is 2.58 bits per heavy atom. The molecule has 0 unspecified atom stereocenters. The van der Waals surface area contributed by atoms with Crippen LogP contribution in [0.2, 0.25) is 10.0 Å². The molecule has 3 rings (SSSR count). The molecule has 0 fully saturated rings. The van der Waals surface area contributed by atoms with Crippen LogP contribution in [0, 0.1) is 5.92 Å². The van der Waals surface area contributed by atoms with Crippen molar-refractivity contribution in [1.82, 2.24) is 4.90 Å². The standard InChI is InChI=1S/C22H21Cl2F3N2O2/c1-13(2)21(30)29(11-14-4-3-5-16(8-14)22(25,26)27)12-17-10-20(28-31-17)15-6-7-18(23)19(24)9-15/h3-9,13,17H,10-12H2,1-2H3/t17-/m1/s1. The predicted molar refractivity (Wildman–Crippen MR) is 114 cm³/mol. The van der Waals surface area contributed by atoms with E-state index >= 15 is 0 Å². The van der Waals surface area contributed by atoms with Gasteiger partial charge in [-0.3, -0.25) is 4.79 Å². The molecule has 31 heavy (non-hydrogen) atoms. The van der Waals surface area contributed by atoms with Gasteiger partial charge in [0.1, 0.15) is 0 Å². The zero-order valence-electron chi connectivity index (χ0n) is 16.9. The quantitative estimate of drug-likeness (QED) is 0.502.